The van der Waals surface area contributed by atoms with Gasteiger partial charge in [-0.1, -0.05) is 12.1 Å². The molecule has 1 amide bonds. The lowest BCUT2D eigenvalue weighted by Gasteiger charge is -2.16. The van der Waals surface area contributed by atoms with Gasteiger partial charge in [0.2, 0.25) is 5.91 Å². The van der Waals surface area contributed by atoms with Crippen molar-refractivity contribution in [1.82, 2.24) is 10.2 Å². The summed E-state index contributed by atoms with van der Waals surface area (Å²) in [6.45, 7) is 1.51. The molecule has 1 aliphatic heterocycles. The molecule has 3 rings (SSSR count). The molecular formula is C16H18N4OS. The molecule has 5 nitrogen and oxygen atoms in total. The second-order valence-corrected chi connectivity index (χ2v) is 5.96. The Morgan fingerprint density at radius 1 is 1.18 bits per heavy atom. The first-order valence-corrected chi connectivity index (χ1v) is 8.49. The third kappa shape index (κ3) is 3.39. The summed E-state index contributed by atoms with van der Waals surface area (Å²) in [4.78, 5) is 13.6. The van der Waals surface area contributed by atoms with Crippen LogP contribution in [0.2, 0.25) is 0 Å². The van der Waals surface area contributed by atoms with Crippen LogP contribution < -0.4 is 10.2 Å². The van der Waals surface area contributed by atoms with Gasteiger partial charge in [0.25, 0.3) is 0 Å². The Hall–Kier alpha value is -2.08. The molecule has 1 fully saturated rings. The zero-order valence-corrected chi connectivity index (χ0v) is 13.3. The van der Waals surface area contributed by atoms with Crippen LogP contribution in [-0.4, -0.2) is 28.9 Å². The highest BCUT2D eigenvalue weighted by molar-refractivity contribution is 7.98. The first-order valence-electron chi connectivity index (χ1n) is 7.27. The van der Waals surface area contributed by atoms with Crippen LogP contribution in [0.1, 0.15) is 18.4 Å². The lowest BCUT2D eigenvalue weighted by atomic mass is 10.2. The lowest BCUT2D eigenvalue weighted by molar-refractivity contribution is -0.117. The number of thioether (sulfide) groups is 1. The normalized spacial score (nSPS) is 14.4. The van der Waals surface area contributed by atoms with Crippen molar-refractivity contribution in [2.45, 2.75) is 24.4 Å². The molecule has 2 aromatic rings. The first-order chi connectivity index (χ1) is 10.8. The molecule has 0 saturated carbocycles. The van der Waals surface area contributed by atoms with E-state index in [0.717, 1.165) is 35.1 Å². The Morgan fingerprint density at radius 2 is 2.00 bits per heavy atom. The van der Waals surface area contributed by atoms with Crippen molar-refractivity contribution in [2.75, 3.05) is 23.0 Å². The van der Waals surface area contributed by atoms with Gasteiger partial charge in [-0.15, -0.1) is 22.0 Å². The monoisotopic (exact) mass is 314 g/mol. The molecule has 1 N–H and O–H groups in total. The van der Waals surface area contributed by atoms with E-state index in [1.807, 2.05) is 47.6 Å². The van der Waals surface area contributed by atoms with Gasteiger partial charge in [-0.3, -0.25) is 4.79 Å². The third-order valence-electron chi connectivity index (χ3n) is 3.64. The third-order valence-corrected chi connectivity index (χ3v) is 4.28. The molecule has 0 bridgehead atoms. The summed E-state index contributed by atoms with van der Waals surface area (Å²) in [5.41, 5.74) is 2.13. The second-order valence-electron chi connectivity index (χ2n) is 5.13. The molecule has 6 heteroatoms. The fourth-order valence-corrected chi connectivity index (χ4v) is 2.76. The molecule has 1 aromatic heterocycles. The molecule has 0 aliphatic carbocycles. The summed E-state index contributed by atoms with van der Waals surface area (Å²) in [7, 11) is 0. The maximum absolute atomic E-state index is 11.7. The number of hydrogen-bond donors (Lipinski definition) is 1. The van der Waals surface area contributed by atoms with Gasteiger partial charge in [0.05, 0.1) is 0 Å². The standard InChI is InChI=1S/C16H18N4OS/c1-22-15-9-8-14(18-19-15)17-11-12-4-6-13(7-5-12)20-10-2-3-16(20)21/h4-9H,2-3,10-11H2,1H3,(H,17,18). The van der Waals surface area contributed by atoms with Gasteiger partial charge in [0.15, 0.2) is 0 Å². The van der Waals surface area contributed by atoms with Crippen molar-refractivity contribution in [3.63, 3.8) is 0 Å². The van der Waals surface area contributed by atoms with Crippen LogP contribution in [0.25, 0.3) is 0 Å². The number of benzene rings is 1. The van der Waals surface area contributed by atoms with Crippen LogP contribution in [0.4, 0.5) is 11.5 Å². The number of aromatic nitrogens is 2. The number of amides is 1. The SMILES string of the molecule is CSc1ccc(NCc2ccc(N3CCCC3=O)cc2)nn1. The predicted octanol–water partition coefficient (Wildman–Crippen LogP) is 2.94. The molecule has 1 saturated heterocycles. The van der Waals surface area contributed by atoms with E-state index in [-0.39, 0.29) is 5.91 Å². The minimum atomic E-state index is 0.218. The van der Waals surface area contributed by atoms with Crippen molar-refractivity contribution in [3.05, 3.63) is 42.0 Å². The van der Waals surface area contributed by atoms with Gasteiger partial charge in [-0.05, 0) is 42.5 Å². The Bertz CT molecular complexity index is 642. The molecule has 0 atom stereocenters. The lowest BCUT2D eigenvalue weighted by Crippen LogP contribution is -2.23. The fraction of sp³-hybridized carbons (Fsp3) is 0.312. The number of hydrogen-bond acceptors (Lipinski definition) is 5. The zero-order chi connectivity index (χ0) is 15.4. The van der Waals surface area contributed by atoms with Gasteiger partial charge < -0.3 is 10.2 Å². The Labute approximate surface area is 134 Å². The zero-order valence-electron chi connectivity index (χ0n) is 12.5. The van der Waals surface area contributed by atoms with Crippen LogP contribution in [0.5, 0.6) is 0 Å². The highest BCUT2D eigenvalue weighted by atomic mass is 32.2. The number of nitrogens with one attached hydrogen (secondary N) is 1. The van der Waals surface area contributed by atoms with Gasteiger partial charge in [-0.2, -0.15) is 0 Å². The highest BCUT2D eigenvalue weighted by Gasteiger charge is 2.21. The molecule has 1 aromatic carbocycles. The van der Waals surface area contributed by atoms with E-state index in [4.69, 9.17) is 0 Å². The predicted molar refractivity (Wildman–Crippen MR) is 89.2 cm³/mol. The highest BCUT2D eigenvalue weighted by Crippen LogP contribution is 2.21. The van der Waals surface area contributed by atoms with Gasteiger partial charge in [0, 0.05) is 25.2 Å². The summed E-state index contributed by atoms with van der Waals surface area (Å²) in [5, 5.41) is 12.4. The van der Waals surface area contributed by atoms with Crippen molar-refractivity contribution in [1.29, 1.82) is 0 Å². The van der Waals surface area contributed by atoms with E-state index in [0.29, 0.717) is 13.0 Å². The van der Waals surface area contributed by atoms with Gasteiger partial charge in [0.1, 0.15) is 10.8 Å². The summed E-state index contributed by atoms with van der Waals surface area (Å²) in [6.07, 6.45) is 3.59. The largest absolute Gasteiger partial charge is 0.365 e. The van der Waals surface area contributed by atoms with Crippen molar-refractivity contribution in [2.24, 2.45) is 0 Å². The van der Waals surface area contributed by atoms with E-state index in [1.165, 1.54) is 0 Å². The summed E-state index contributed by atoms with van der Waals surface area (Å²) >= 11 is 1.57. The minimum Gasteiger partial charge on any atom is -0.365 e. The Balaban J connectivity index is 1.59. The first kappa shape index (κ1) is 14.8. The Morgan fingerprint density at radius 3 is 2.59 bits per heavy atom. The van der Waals surface area contributed by atoms with E-state index < -0.39 is 0 Å². The smallest absolute Gasteiger partial charge is 0.227 e. The van der Waals surface area contributed by atoms with Crippen molar-refractivity contribution in [3.8, 4) is 0 Å². The van der Waals surface area contributed by atoms with Gasteiger partial charge in [-0.25, -0.2) is 0 Å². The average molecular weight is 314 g/mol. The maximum Gasteiger partial charge on any atom is 0.227 e. The molecule has 2 heterocycles. The van der Waals surface area contributed by atoms with Crippen LogP contribution >= 0.6 is 11.8 Å². The second kappa shape index (κ2) is 6.79. The summed E-state index contributed by atoms with van der Waals surface area (Å²) in [6, 6.07) is 12.0. The number of carbonyl (C=O) groups is 1. The molecule has 22 heavy (non-hydrogen) atoms. The molecule has 0 unspecified atom stereocenters. The molecule has 1 aliphatic rings. The van der Waals surface area contributed by atoms with Crippen LogP contribution in [0.15, 0.2) is 41.4 Å². The average Bonchev–Trinajstić information content (AvgIpc) is 3.00. The molecular weight excluding hydrogens is 296 g/mol. The maximum atomic E-state index is 11.7. The minimum absolute atomic E-state index is 0.218. The Kier molecular flexibility index (Phi) is 4.58. The fourth-order valence-electron chi connectivity index (χ4n) is 2.43. The van der Waals surface area contributed by atoms with Crippen LogP contribution in [-0.2, 0) is 11.3 Å². The summed E-state index contributed by atoms with van der Waals surface area (Å²) in [5.74, 6) is 0.978. The van der Waals surface area contributed by atoms with Crippen LogP contribution in [0.3, 0.4) is 0 Å². The molecule has 114 valence electrons. The summed E-state index contributed by atoms with van der Waals surface area (Å²) < 4.78 is 0. The molecule has 0 radical (unpaired) electrons. The number of rotatable bonds is 5. The van der Waals surface area contributed by atoms with Crippen molar-refractivity contribution >= 4 is 29.2 Å². The quantitative estimate of drug-likeness (QED) is 0.860. The number of anilines is 2. The van der Waals surface area contributed by atoms with E-state index in [9.17, 15) is 4.79 Å². The van der Waals surface area contributed by atoms with E-state index in [2.05, 4.69) is 15.5 Å². The molecule has 0 spiro atoms. The van der Waals surface area contributed by atoms with Gasteiger partial charge >= 0.3 is 0 Å². The van der Waals surface area contributed by atoms with Crippen molar-refractivity contribution < 1.29 is 4.79 Å². The number of nitrogens with zero attached hydrogens (tertiary/aromatic N) is 3. The van der Waals surface area contributed by atoms with E-state index in [1.54, 1.807) is 11.8 Å². The topological polar surface area (TPSA) is 58.1 Å². The van der Waals surface area contributed by atoms with Crippen LogP contribution in [0, 0.1) is 0 Å². The van der Waals surface area contributed by atoms with E-state index >= 15 is 0 Å². The number of carbonyl (C=O) groups excluding carboxylic acids is 1.